The SMILES string of the molecule is CC(C)S(=O)(=O)c1ccccc1C(=O)NNC(=O)c1ccc[nH]1. The van der Waals surface area contributed by atoms with Crippen LogP contribution in [0.2, 0.25) is 0 Å². The Labute approximate surface area is 134 Å². The van der Waals surface area contributed by atoms with Crippen LogP contribution in [0.3, 0.4) is 0 Å². The number of carbonyl (C=O) groups is 2. The van der Waals surface area contributed by atoms with Gasteiger partial charge < -0.3 is 4.98 Å². The highest BCUT2D eigenvalue weighted by molar-refractivity contribution is 7.92. The van der Waals surface area contributed by atoms with Crippen LogP contribution in [0.1, 0.15) is 34.7 Å². The minimum absolute atomic E-state index is 0.0204. The summed E-state index contributed by atoms with van der Waals surface area (Å²) in [5.74, 6) is -1.24. The average Bonchev–Trinajstić information content (AvgIpc) is 3.06. The summed E-state index contributed by atoms with van der Waals surface area (Å²) in [5, 5.41) is -0.662. The van der Waals surface area contributed by atoms with E-state index in [2.05, 4.69) is 15.8 Å². The third kappa shape index (κ3) is 3.59. The van der Waals surface area contributed by atoms with Crippen LogP contribution >= 0.6 is 0 Å². The number of benzene rings is 1. The van der Waals surface area contributed by atoms with E-state index in [-0.39, 0.29) is 16.2 Å². The number of aromatic amines is 1. The smallest absolute Gasteiger partial charge is 0.286 e. The van der Waals surface area contributed by atoms with E-state index < -0.39 is 26.9 Å². The summed E-state index contributed by atoms with van der Waals surface area (Å²) in [6.07, 6.45) is 1.57. The maximum atomic E-state index is 12.3. The molecule has 1 aromatic carbocycles. The first kappa shape index (κ1) is 16.8. The van der Waals surface area contributed by atoms with Crippen molar-refractivity contribution in [2.24, 2.45) is 0 Å². The van der Waals surface area contributed by atoms with E-state index in [0.717, 1.165) is 0 Å². The zero-order valence-electron chi connectivity index (χ0n) is 12.7. The lowest BCUT2D eigenvalue weighted by Crippen LogP contribution is -2.42. The molecule has 2 rings (SSSR count). The quantitative estimate of drug-likeness (QED) is 0.731. The van der Waals surface area contributed by atoms with Gasteiger partial charge in [0, 0.05) is 6.20 Å². The molecule has 0 unspecified atom stereocenters. The molecule has 0 fully saturated rings. The highest BCUT2D eigenvalue weighted by atomic mass is 32.2. The van der Waals surface area contributed by atoms with E-state index >= 15 is 0 Å². The molecule has 0 aliphatic heterocycles. The molecule has 0 aliphatic carbocycles. The van der Waals surface area contributed by atoms with Gasteiger partial charge >= 0.3 is 0 Å². The van der Waals surface area contributed by atoms with Crippen molar-refractivity contribution in [3.8, 4) is 0 Å². The van der Waals surface area contributed by atoms with Crippen molar-refractivity contribution in [1.82, 2.24) is 15.8 Å². The molecule has 3 N–H and O–H groups in total. The summed E-state index contributed by atoms with van der Waals surface area (Å²) in [6.45, 7) is 3.08. The fraction of sp³-hybridized carbons (Fsp3) is 0.200. The Hall–Kier alpha value is -2.61. The molecule has 1 aromatic heterocycles. The lowest BCUT2D eigenvalue weighted by atomic mass is 10.2. The zero-order chi connectivity index (χ0) is 17.0. The summed E-state index contributed by atoms with van der Waals surface area (Å²) in [6, 6.07) is 9.05. The third-order valence-corrected chi connectivity index (χ3v) is 5.40. The molecule has 0 spiro atoms. The fourth-order valence-electron chi connectivity index (χ4n) is 1.88. The number of rotatable bonds is 4. The molecule has 0 saturated carbocycles. The first-order valence-corrected chi connectivity index (χ1v) is 8.45. The number of hydrogen-bond acceptors (Lipinski definition) is 4. The highest BCUT2D eigenvalue weighted by Gasteiger charge is 2.25. The monoisotopic (exact) mass is 335 g/mol. The molecule has 7 nitrogen and oxygen atoms in total. The van der Waals surface area contributed by atoms with Crippen molar-refractivity contribution in [2.45, 2.75) is 24.0 Å². The number of aromatic nitrogens is 1. The first-order chi connectivity index (χ1) is 10.8. The lowest BCUT2D eigenvalue weighted by molar-refractivity contribution is 0.0842. The molecule has 8 heteroatoms. The normalized spacial score (nSPS) is 11.3. The molecule has 0 atom stereocenters. The van der Waals surface area contributed by atoms with Gasteiger partial charge in [0.1, 0.15) is 5.69 Å². The van der Waals surface area contributed by atoms with Crippen LogP contribution in [0.5, 0.6) is 0 Å². The summed E-state index contributed by atoms with van der Waals surface area (Å²) in [4.78, 5) is 26.6. The van der Waals surface area contributed by atoms with E-state index in [1.165, 1.54) is 26.0 Å². The van der Waals surface area contributed by atoms with E-state index in [1.807, 2.05) is 0 Å². The number of H-pyrrole nitrogens is 1. The van der Waals surface area contributed by atoms with Gasteiger partial charge in [0.05, 0.1) is 15.7 Å². The Morgan fingerprint density at radius 2 is 1.65 bits per heavy atom. The summed E-state index contributed by atoms with van der Waals surface area (Å²) in [5.41, 5.74) is 4.69. The maximum absolute atomic E-state index is 12.3. The standard InChI is InChI=1S/C15H17N3O4S/c1-10(2)23(21,22)13-8-4-3-6-11(13)14(19)17-18-15(20)12-7-5-9-16-12/h3-10,16H,1-2H3,(H,17,19)(H,18,20). The Morgan fingerprint density at radius 3 is 2.26 bits per heavy atom. The van der Waals surface area contributed by atoms with Crippen molar-refractivity contribution in [1.29, 1.82) is 0 Å². The van der Waals surface area contributed by atoms with E-state index in [9.17, 15) is 18.0 Å². The molecular weight excluding hydrogens is 318 g/mol. The van der Waals surface area contributed by atoms with E-state index in [4.69, 9.17) is 0 Å². The second-order valence-corrected chi connectivity index (χ2v) is 7.55. The predicted octanol–water partition coefficient (Wildman–Crippen LogP) is 1.27. The van der Waals surface area contributed by atoms with Gasteiger partial charge in [-0.3, -0.25) is 20.4 Å². The second-order valence-electron chi connectivity index (χ2n) is 5.08. The Kier molecular flexibility index (Phi) is 4.85. The predicted molar refractivity (Wildman–Crippen MR) is 84.5 cm³/mol. The van der Waals surface area contributed by atoms with Crippen molar-refractivity contribution < 1.29 is 18.0 Å². The second kappa shape index (κ2) is 6.66. The average molecular weight is 335 g/mol. The van der Waals surface area contributed by atoms with Crippen molar-refractivity contribution in [3.05, 3.63) is 53.9 Å². The van der Waals surface area contributed by atoms with Gasteiger partial charge in [-0.2, -0.15) is 0 Å². The Balaban J connectivity index is 2.19. The largest absolute Gasteiger partial charge is 0.357 e. The van der Waals surface area contributed by atoms with Crippen LogP contribution < -0.4 is 10.9 Å². The van der Waals surface area contributed by atoms with Crippen LogP contribution in [0, 0.1) is 0 Å². The zero-order valence-corrected chi connectivity index (χ0v) is 13.5. The highest BCUT2D eigenvalue weighted by Crippen LogP contribution is 2.20. The molecule has 2 amide bonds. The Morgan fingerprint density at radius 1 is 1.00 bits per heavy atom. The van der Waals surface area contributed by atoms with E-state index in [1.54, 1.807) is 30.5 Å². The fourth-order valence-corrected chi connectivity index (χ4v) is 3.12. The summed E-state index contributed by atoms with van der Waals surface area (Å²) < 4.78 is 24.6. The van der Waals surface area contributed by atoms with Crippen LogP contribution in [-0.4, -0.2) is 30.5 Å². The van der Waals surface area contributed by atoms with Crippen LogP contribution in [0.15, 0.2) is 47.5 Å². The number of amides is 2. The molecular formula is C15H17N3O4S. The lowest BCUT2D eigenvalue weighted by Gasteiger charge is -2.13. The van der Waals surface area contributed by atoms with Gasteiger partial charge in [-0.25, -0.2) is 8.42 Å². The maximum Gasteiger partial charge on any atom is 0.286 e. The molecule has 2 aromatic rings. The Bertz CT molecular complexity index is 811. The first-order valence-electron chi connectivity index (χ1n) is 6.91. The number of nitrogens with one attached hydrogen (secondary N) is 3. The van der Waals surface area contributed by atoms with Crippen LogP contribution in [0.25, 0.3) is 0 Å². The van der Waals surface area contributed by atoms with E-state index in [0.29, 0.717) is 0 Å². The van der Waals surface area contributed by atoms with Crippen molar-refractivity contribution >= 4 is 21.7 Å². The number of hydrogen-bond donors (Lipinski definition) is 3. The van der Waals surface area contributed by atoms with Gasteiger partial charge in [-0.05, 0) is 38.1 Å². The summed E-state index contributed by atoms with van der Waals surface area (Å²) >= 11 is 0. The molecule has 0 aliphatic rings. The minimum atomic E-state index is -3.61. The number of sulfone groups is 1. The van der Waals surface area contributed by atoms with Gasteiger partial charge in [0.15, 0.2) is 9.84 Å². The van der Waals surface area contributed by atoms with Crippen molar-refractivity contribution in [2.75, 3.05) is 0 Å². The van der Waals surface area contributed by atoms with Gasteiger partial charge in [0.25, 0.3) is 11.8 Å². The topological polar surface area (TPSA) is 108 Å². The van der Waals surface area contributed by atoms with Crippen LogP contribution in [-0.2, 0) is 9.84 Å². The minimum Gasteiger partial charge on any atom is -0.357 e. The molecule has 0 radical (unpaired) electrons. The van der Waals surface area contributed by atoms with Crippen LogP contribution in [0.4, 0.5) is 0 Å². The molecule has 0 saturated heterocycles. The van der Waals surface area contributed by atoms with Gasteiger partial charge in [0.2, 0.25) is 0 Å². The van der Waals surface area contributed by atoms with Gasteiger partial charge in [-0.15, -0.1) is 0 Å². The number of hydrazine groups is 1. The van der Waals surface area contributed by atoms with Crippen molar-refractivity contribution in [3.63, 3.8) is 0 Å². The molecule has 1 heterocycles. The summed E-state index contributed by atoms with van der Waals surface area (Å²) in [7, 11) is -3.61. The van der Waals surface area contributed by atoms with Gasteiger partial charge in [-0.1, -0.05) is 12.1 Å². The third-order valence-electron chi connectivity index (χ3n) is 3.19. The number of carbonyl (C=O) groups excluding carboxylic acids is 2. The molecule has 23 heavy (non-hydrogen) atoms. The molecule has 0 bridgehead atoms. The molecule has 122 valence electrons.